The van der Waals surface area contributed by atoms with Gasteiger partial charge in [-0.1, -0.05) is 74.5 Å². The minimum Gasteiger partial charge on any atom is -0.273 e. The SMILES string of the molecule is CC(C)CC(=NNC(=O)[C@H]1C[C@@H]1c1ccccc1)c1ccccc1. The lowest BCUT2D eigenvalue weighted by Crippen LogP contribution is -2.22. The van der Waals surface area contributed by atoms with Crippen molar-refractivity contribution in [1.29, 1.82) is 0 Å². The summed E-state index contributed by atoms with van der Waals surface area (Å²) in [7, 11) is 0. The van der Waals surface area contributed by atoms with Gasteiger partial charge in [0, 0.05) is 5.92 Å². The third-order valence-electron chi connectivity index (χ3n) is 4.36. The van der Waals surface area contributed by atoms with Crippen molar-refractivity contribution in [3.63, 3.8) is 0 Å². The number of rotatable bonds is 6. The summed E-state index contributed by atoms with van der Waals surface area (Å²) >= 11 is 0. The molecule has 0 spiro atoms. The van der Waals surface area contributed by atoms with Gasteiger partial charge in [-0.05, 0) is 35.8 Å². The van der Waals surface area contributed by atoms with E-state index in [1.807, 2.05) is 48.5 Å². The number of amides is 1. The van der Waals surface area contributed by atoms with E-state index < -0.39 is 0 Å². The molecule has 1 aliphatic carbocycles. The van der Waals surface area contributed by atoms with Gasteiger partial charge in [-0.25, -0.2) is 5.43 Å². The lowest BCUT2D eigenvalue weighted by Gasteiger charge is -2.10. The van der Waals surface area contributed by atoms with Crippen molar-refractivity contribution < 1.29 is 4.79 Å². The molecule has 0 radical (unpaired) electrons. The molecule has 1 aliphatic rings. The van der Waals surface area contributed by atoms with Crippen LogP contribution >= 0.6 is 0 Å². The molecule has 2 aromatic rings. The zero-order valence-electron chi connectivity index (χ0n) is 14.3. The summed E-state index contributed by atoms with van der Waals surface area (Å²) in [6.07, 6.45) is 1.76. The largest absolute Gasteiger partial charge is 0.273 e. The highest BCUT2D eigenvalue weighted by molar-refractivity contribution is 6.01. The molecular weight excluding hydrogens is 296 g/mol. The summed E-state index contributed by atoms with van der Waals surface area (Å²) < 4.78 is 0. The summed E-state index contributed by atoms with van der Waals surface area (Å²) in [4.78, 5) is 12.4. The highest BCUT2D eigenvalue weighted by atomic mass is 16.2. The lowest BCUT2D eigenvalue weighted by atomic mass is 10.0. The predicted molar refractivity (Wildman–Crippen MR) is 97.9 cm³/mol. The minimum atomic E-state index is 0.0287. The minimum absolute atomic E-state index is 0.0287. The fourth-order valence-electron chi connectivity index (χ4n) is 3.00. The zero-order chi connectivity index (χ0) is 16.9. The van der Waals surface area contributed by atoms with Crippen LogP contribution in [-0.4, -0.2) is 11.6 Å². The van der Waals surface area contributed by atoms with Gasteiger partial charge in [0.25, 0.3) is 0 Å². The molecule has 1 saturated carbocycles. The third kappa shape index (κ3) is 4.10. The van der Waals surface area contributed by atoms with Gasteiger partial charge in [0.15, 0.2) is 0 Å². The van der Waals surface area contributed by atoms with E-state index in [1.165, 1.54) is 5.56 Å². The number of benzene rings is 2. The van der Waals surface area contributed by atoms with Crippen LogP contribution in [0.2, 0.25) is 0 Å². The number of hydrogen-bond acceptors (Lipinski definition) is 2. The molecule has 1 amide bonds. The second kappa shape index (κ2) is 7.43. The smallest absolute Gasteiger partial charge is 0.243 e. The number of nitrogens with zero attached hydrogens (tertiary/aromatic N) is 1. The fourth-order valence-corrected chi connectivity index (χ4v) is 3.00. The van der Waals surface area contributed by atoms with E-state index in [0.717, 1.165) is 24.1 Å². The molecule has 2 atom stereocenters. The van der Waals surface area contributed by atoms with Gasteiger partial charge in [-0.2, -0.15) is 5.10 Å². The van der Waals surface area contributed by atoms with Gasteiger partial charge >= 0.3 is 0 Å². The normalized spacial score (nSPS) is 20.0. The van der Waals surface area contributed by atoms with Gasteiger partial charge in [-0.15, -0.1) is 0 Å². The molecule has 0 aliphatic heterocycles. The van der Waals surface area contributed by atoms with Crippen LogP contribution in [0.1, 0.15) is 43.7 Å². The molecule has 1 N–H and O–H groups in total. The third-order valence-corrected chi connectivity index (χ3v) is 4.36. The second-order valence-electron chi connectivity index (χ2n) is 6.86. The maximum absolute atomic E-state index is 12.4. The molecule has 0 aromatic heterocycles. The fraction of sp³-hybridized carbons (Fsp3) is 0.333. The summed E-state index contributed by atoms with van der Waals surface area (Å²) in [5.41, 5.74) is 6.05. The number of nitrogens with one attached hydrogen (secondary N) is 1. The molecule has 2 aromatic carbocycles. The summed E-state index contributed by atoms with van der Waals surface area (Å²) in [6, 6.07) is 20.3. The highest BCUT2D eigenvalue weighted by Gasteiger charge is 2.43. The average molecular weight is 320 g/mol. The van der Waals surface area contributed by atoms with Crippen LogP contribution in [0.15, 0.2) is 65.8 Å². The van der Waals surface area contributed by atoms with Crippen molar-refractivity contribution in [2.45, 2.75) is 32.6 Å². The van der Waals surface area contributed by atoms with Gasteiger partial charge in [0.1, 0.15) is 0 Å². The van der Waals surface area contributed by atoms with Gasteiger partial charge in [-0.3, -0.25) is 4.79 Å². The quantitative estimate of drug-likeness (QED) is 0.623. The van der Waals surface area contributed by atoms with Crippen molar-refractivity contribution >= 4 is 11.6 Å². The molecule has 24 heavy (non-hydrogen) atoms. The Balaban J connectivity index is 1.65. The highest BCUT2D eigenvalue weighted by Crippen LogP contribution is 2.47. The van der Waals surface area contributed by atoms with E-state index in [2.05, 4.69) is 36.5 Å². The van der Waals surface area contributed by atoms with E-state index in [1.54, 1.807) is 0 Å². The molecule has 0 saturated heterocycles. The Morgan fingerprint density at radius 2 is 1.71 bits per heavy atom. The number of carbonyl (C=O) groups excluding carboxylic acids is 1. The van der Waals surface area contributed by atoms with E-state index >= 15 is 0 Å². The predicted octanol–water partition coefficient (Wildman–Crippen LogP) is 4.36. The Morgan fingerprint density at radius 1 is 1.08 bits per heavy atom. The van der Waals surface area contributed by atoms with Crippen LogP contribution in [-0.2, 0) is 4.79 Å². The molecule has 124 valence electrons. The molecule has 0 heterocycles. The van der Waals surface area contributed by atoms with Crippen LogP contribution in [0.25, 0.3) is 0 Å². The lowest BCUT2D eigenvalue weighted by molar-refractivity contribution is -0.122. The number of carbonyl (C=O) groups is 1. The Bertz CT molecular complexity index is 707. The van der Waals surface area contributed by atoms with E-state index in [0.29, 0.717) is 11.8 Å². The van der Waals surface area contributed by atoms with Crippen LogP contribution in [0, 0.1) is 11.8 Å². The Hall–Kier alpha value is -2.42. The first-order valence-electron chi connectivity index (χ1n) is 8.62. The monoisotopic (exact) mass is 320 g/mol. The molecule has 3 heteroatoms. The Labute approximate surface area is 143 Å². The first-order valence-corrected chi connectivity index (χ1v) is 8.62. The summed E-state index contributed by atoms with van der Waals surface area (Å²) in [5, 5.41) is 4.44. The van der Waals surface area contributed by atoms with Crippen molar-refractivity contribution in [3.8, 4) is 0 Å². The second-order valence-corrected chi connectivity index (χ2v) is 6.86. The first-order chi connectivity index (χ1) is 11.6. The summed E-state index contributed by atoms with van der Waals surface area (Å²) in [5.74, 6) is 0.902. The van der Waals surface area contributed by atoms with Crippen LogP contribution < -0.4 is 5.43 Å². The maximum atomic E-state index is 12.4. The molecule has 0 unspecified atom stereocenters. The first kappa shape index (κ1) is 16.4. The molecular formula is C21H24N2O. The van der Waals surface area contributed by atoms with Crippen molar-refractivity contribution in [1.82, 2.24) is 5.43 Å². The number of hydrazone groups is 1. The zero-order valence-corrected chi connectivity index (χ0v) is 14.3. The van der Waals surface area contributed by atoms with E-state index in [4.69, 9.17) is 0 Å². The van der Waals surface area contributed by atoms with E-state index in [9.17, 15) is 4.79 Å². The molecule has 3 nitrogen and oxygen atoms in total. The molecule has 1 fully saturated rings. The van der Waals surface area contributed by atoms with Crippen molar-refractivity contribution in [2.75, 3.05) is 0 Å². The van der Waals surface area contributed by atoms with Crippen LogP contribution in [0.4, 0.5) is 0 Å². The molecule has 3 rings (SSSR count). The summed E-state index contributed by atoms with van der Waals surface area (Å²) in [6.45, 7) is 4.32. The van der Waals surface area contributed by atoms with Crippen molar-refractivity contribution in [3.05, 3.63) is 71.8 Å². The Kier molecular flexibility index (Phi) is 5.09. The van der Waals surface area contributed by atoms with Crippen LogP contribution in [0.3, 0.4) is 0 Å². The molecule has 0 bridgehead atoms. The van der Waals surface area contributed by atoms with Gasteiger partial charge in [0.05, 0.1) is 5.71 Å². The maximum Gasteiger partial charge on any atom is 0.243 e. The van der Waals surface area contributed by atoms with Crippen molar-refractivity contribution in [2.24, 2.45) is 16.9 Å². The van der Waals surface area contributed by atoms with Crippen LogP contribution in [0.5, 0.6) is 0 Å². The number of hydrogen-bond donors (Lipinski definition) is 1. The van der Waals surface area contributed by atoms with Gasteiger partial charge in [0.2, 0.25) is 5.91 Å². The standard InChI is InChI=1S/C21H24N2O/c1-15(2)13-20(17-11-7-4-8-12-17)22-23-21(24)19-14-18(19)16-9-5-3-6-10-16/h3-12,15,18-19H,13-14H2,1-2H3,(H,23,24)/t18-,19+/m1/s1. The van der Waals surface area contributed by atoms with Gasteiger partial charge < -0.3 is 0 Å². The Morgan fingerprint density at radius 3 is 2.33 bits per heavy atom. The van der Waals surface area contributed by atoms with E-state index in [-0.39, 0.29) is 11.8 Å². The topological polar surface area (TPSA) is 41.5 Å². The average Bonchev–Trinajstić information content (AvgIpc) is 3.40.